The van der Waals surface area contributed by atoms with E-state index in [1.807, 2.05) is 0 Å². The summed E-state index contributed by atoms with van der Waals surface area (Å²) in [6.07, 6.45) is -1.90. The van der Waals surface area contributed by atoms with Gasteiger partial charge in [0.25, 0.3) is 0 Å². The minimum Gasteiger partial charge on any atom is -0.289 e. The highest BCUT2D eigenvalue weighted by Gasteiger charge is 2.32. The van der Waals surface area contributed by atoms with E-state index in [2.05, 4.69) is 9.97 Å². The van der Waals surface area contributed by atoms with Gasteiger partial charge in [0.05, 0.1) is 11.6 Å². The normalized spacial score (nSPS) is 12.5. The van der Waals surface area contributed by atoms with Crippen molar-refractivity contribution in [2.45, 2.75) is 12.1 Å². The molecular formula is C14H8F3N3O. The van der Waals surface area contributed by atoms with E-state index in [9.17, 15) is 18.0 Å². The topological polar surface area (TPSA) is 66.6 Å². The molecule has 1 atom stereocenters. The first-order valence-corrected chi connectivity index (χ1v) is 5.81. The Balaban J connectivity index is 2.39. The smallest absolute Gasteiger partial charge is 0.289 e. The molecule has 0 amide bonds. The molecule has 0 aliphatic carbocycles. The van der Waals surface area contributed by atoms with E-state index in [4.69, 9.17) is 5.26 Å². The number of aromatic nitrogens is 2. The van der Waals surface area contributed by atoms with Crippen LogP contribution in [0.25, 0.3) is 0 Å². The van der Waals surface area contributed by atoms with Crippen molar-refractivity contribution in [3.05, 3.63) is 59.7 Å². The number of benzene rings is 1. The molecule has 1 heterocycles. The number of carbonyl (C=O) groups excluding carboxylic acids is 1. The molecule has 0 aliphatic heterocycles. The van der Waals surface area contributed by atoms with Crippen molar-refractivity contribution in [2.75, 3.05) is 0 Å². The molecule has 1 unspecified atom stereocenters. The van der Waals surface area contributed by atoms with E-state index in [1.54, 1.807) is 6.07 Å². The Kier molecular flexibility index (Phi) is 3.98. The monoisotopic (exact) mass is 291 g/mol. The number of ketones is 1. The van der Waals surface area contributed by atoms with Crippen LogP contribution in [0.5, 0.6) is 0 Å². The summed E-state index contributed by atoms with van der Waals surface area (Å²) in [5.74, 6) is -2.33. The predicted molar refractivity (Wildman–Crippen MR) is 66.2 cm³/mol. The molecule has 0 fully saturated rings. The second-order valence-electron chi connectivity index (χ2n) is 4.12. The van der Waals surface area contributed by atoms with Crippen LogP contribution < -0.4 is 0 Å². The summed E-state index contributed by atoms with van der Waals surface area (Å²) >= 11 is 0. The summed E-state index contributed by atoms with van der Waals surface area (Å²) in [6.45, 7) is 0. The van der Waals surface area contributed by atoms with E-state index >= 15 is 0 Å². The lowest BCUT2D eigenvalue weighted by atomic mass is 9.94. The van der Waals surface area contributed by atoms with Crippen molar-refractivity contribution in [3.8, 4) is 6.07 Å². The van der Waals surface area contributed by atoms with E-state index in [1.165, 1.54) is 24.5 Å². The van der Waals surface area contributed by atoms with Gasteiger partial charge in [-0.2, -0.15) is 18.4 Å². The van der Waals surface area contributed by atoms with Crippen molar-refractivity contribution in [1.82, 2.24) is 9.97 Å². The molecular weight excluding hydrogens is 283 g/mol. The summed E-state index contributed by atoms with van der Waals surface area (Å²) in [5, 5.41) is 9.10. The predicted octanol–water partition coefficient (Wildman–Crippen LogP) is 2.99. The van der Waals surface area contributed by atoms with Gasteiger partial charge in [-0.1, -0.05) is 18.2 Å². The van der Waals surface area contributed by atoms with Crippen LogP contribution in [0.1, 0.15) is 27.7 Å². The average molecular weight is 291 g/mol. The van der Waals surface area contributed by atoms with Gasteiger partial charge < -0.3 is 0 Å². The number of Topliss-reactive ketones (excluding diaryl/α,β-unsaturated/α-hetero) is 1. The molecule has 2 rings (SSSR count). The molecule has 0 spiro atoms. The molecule has 106 valence electrons. The number of nitrogens with zero attached hydrogens (tertiary/aromatic N) is 3. The molecule has 0 saturated heterocycles. The van der Waals surface area contributed by atoms with E-state index in [0.717, 1.165) is 18.2 Å². The summed E-state index contributed by atoms with van der Waals surface area (Å²) in [6, 6.07) is 7.30. The van der Waals surface area contributed by atoms with Gasteiger partial charge in [0.1, 0.15) is 5.92 Å². The lowest BCUT2D eigenvalue weighted by Gasteiger charge is -2.11. The quantitative estimate of drug-likeness (QED) is 0.815. The van der Waals surface area contributed by atoms with Gasteiger partial charge in [-0.05, 0) is 17.7 Å². The molecule has 0 N–H and O–H groups in total. The first-order valence-electron chi connectivity index (χ1n) is 5.81. The zero-order valence-corrected chi connectivity index (χ0v) is 10.5. The third kappa shape index (κ3) is 3.23. The van der Waals surface area contributed by atoms with Crippen LogP contribution in [-0.2, 0) is 6.18 Å². The maximum Gasteiger partial charge on any atom is 0.416 e. The average Bonchev–Trinajstić information content (AvgIpc) is 2.48. The second kappa shape index (κ2) is 5.71. The molecule has 4 nitrogen and oxygen atoms in total. The molecule has 1 aromatic heterocycles. The summed E-state index contributed by atoms with van der Waals surface area (Å²) < 4.78 is 38.0. The van der Waals surface area contributed by atoms with Gasteiger partial charge in [-0.15, -0.1) is 0 Å². The van der Waals surface area contributed by atoms with Crippen LogP contribution in [0.2, 0.25) is 0 Å². The number of hydrogen-bond acceptors (Lipinski definition) is 4. The van der Waals surface area contributed by atoms with Crippen molar-refractivity contribution in [3.63, 3.8) is 0 Å². The third-order valence-corrected chi connectivity index (χ3v) is 2.72. The molecule has 2 aromatic rings. The molecule has 21 heavy (non-hydrogen) atoms. The fourth-order valence-electron chi connectivity index (χ4n) is 1.73. The molecule has 1 aromatic carbocycles. The van der Waals surface area contributed by atoms with Gasteiger partial charge in [0, 0.05) is 12.4 Å². The van der Waals surface area contributed by atoms with Crippen molar-refractivity contribution in [2.24, 2.45) is 0 Å². The maximum atomic E-state index is 12.7. The fraction of sp³-hybridized carbons (Fsp3) is 0.143. The SMILES string of the molecule is N#CC(C(=O)c1ncccn1)c1cccc(C(F)(F)F)c1. The number of alkyl halides is 3. The largest absolute Gasteiger partial charge is 0.416 e. The number of rotatable bonds is 3. The third-order valence-electron chi connectivity index (χ3n) is 2.72. The maximum absolute atomic E-state index is 12.7. The first kappa shape index (κ1) is 14.7. The van der Waals surface area contributed by atoms with Gasteiger partial charge >= 0.3 is 6.18 Å². The highest BCUT2D eigenvalue weighted by atomic mass is 19.4. The second-order valence-corrected chi connectivity index (χ2v) is 4.12. The van der Waals surface area contributed by atoms with Crippen LogP contribution >= 0.6 is 0 Å². The Morgan fingerprint density at radius 3 is 2.43 bits per heavy atom. The van der Waals surface area contributed by atoms with E-state index in [0.29, 0.717) is 0 Å². The Labute approximate surface area is 117 Å². The van der Waals surface area contributed by atoms with Crippen LogP contribution in [0.4, 0.5) is 13.2 Å². The Morgan fingerprint density at radius 1 is 1.19 bits per heavy atom. The molecule has 0 radical (unpaired) electrons. The van der Waals surface area contributed by atoms with Gasteiger partial charge in [-0.3, -0.25) is 4.79 Å². The van der Waals surface area contributed by atoms with Crippen LogP contribution in [0.15, 0.2) is 42.7 Å². The van der Waals surface area contributed by atoms with Crippen molar-refractivity contribution < 1.29 is 18.0 Å². The lowest BCUT2D eigenvalue weighted by molar-refractivity contribution is -0.137. The minimum atomic E-state index is -4.54. The van der Waals surface area contributed by atoms with Crippen LogP contribution in [0, 0.1) is 11.3 Å². The van der Waals surface area contributed by atoms with Crippen LogP contribution in [-0.4, -0.2) is 15.8 Å². The number of hydrogen-bond donors (Lipinski definition) is 0. The number of nitriles is 1. The molecule has 0 bridgehead atoms. The number of halogens is 3. The Bertz CT molecular complexity index is 693. The van der Waals surface area contributed by atoms with Gasteiger partial charge in [0.15, 0.2) is 5.82 Å². The highest BCUT2D eigenvalue weighted by molar-refractivity contribution is 5.99. The van der Waals surface area contributed by atoms with Crippen LogP contribution in [0.3, 0.4) is 0 Å². The summed E-state index contributed by atoms with van der Waals surface area (Å²) in [4.78, 5) is 19.5. The van der Waals surface area contributed by atoms with E-state index < -0.39 is 23.4 Å². The summed E-state index contributed by atoms with van der Waals surface area (Å²) in [7, 11) is 0. The highest BCUT2D eigenvalue weighted by Crippen LogP contribution is 2.31. The molecule has 0 saturated carbocycles. The zero-order valence-electron chi connectivity index (χ0n) is 10.5. The molecule has 7 heteroatoms. The lowest BCUT2D eigenvalue weighted by Crippen LogP contribution is -2.15. The van der Waals surface area contributed by atoms with E-state index in [-0.39, 0.29) is 11.4 Å². The standard InChI is InChI=1S/C14H8F3N3O/c15-14(16,17)10-4-1-3-9(7-10)11(8-18)12(21)13-19-5-2-6-20-13/h1-7,11H. The molecule has 0 aliphatic rings. The number of carbonyl (C=O) groups is 1. The first-order chi connectivity index (χ1) is 9.93. The van der Waals surface area contributed by atoms with Gasteiger partial charge in [0.2, 0.25) is 5.78 Å². The van der Waals surface area contributed by atoms with Crippen molar-refractivity contribution >= 4 is 5.78 Å². The summed E-state index contributed by atoms with van der Waals surface area (Å²) in [5.41, 5.74) is -0.952. The zero-order chi connectivity index (χ0) is 15.5. The van der Waals surface area contributed by atoms with Gasteiger partial charge in [-0.25, -0.2) is 9.97 Å². The minimum absolute atomic E-state index is 0.0372. The Morgan fingerprint density at radius 2 is 1.86 bits per heavy atom. The van der Waals surface area contributed by atoms with Crippen molar-refractivity contribution in [1.29, 1.82) is 5.26 Å². The fourth-order valence-corrected chi connectivity index (χ4v) is 1.73. The Hall–Kier alpha value is -2.75.